The Labute approximate surface area is 237 Å². The number of carbonyl (C=O) groups is 3. The fourth-order valence-corrected chi connectivity index (χ4v) is 5.66. The molecule has 9 nitrogen and oxygen atoms in total. The number of amides is 3. The number of halogens is 2. The van der Waals surface area contributed by atoms with Gasteiger partial charge < -0.3 is 15.4 Å². The molecule has 0 spiro atoms. The molecule has 1 unspecified atom stereocenters. The van der Waals surface area contributed by atoms with Gasteiger partial charge in [0.1, 0.15) is 6.04 Å². The molecule has 41 heavy (non-hydrogen) atoms. The first-order chi connectivity index (χ1) is 19.7. The number of nitrogens with zero attached hydrogens (tertiary/aromatic N) is 3. The van der Waals surface area contributed by atoms with Gasteiger partial charge in [0.05, 0.1) is 24.2 Å². The third kappa shape index (κ3) is 6.23. The number of urea groups is 1. The molecule has 2 N–H and O–H groups in total. The normalized spacial score (nSPS) is 22.5. The Bertz CT molecular complexity index is 1350. The Balaban J connectivity index is 1.43. The molecule has 4 rings (SSSR count). The van der Waals surface area contributed by atoms with Crippen LogP contribution in [0, 0.1) is 23.0 Å². The molecule has 3 amide bonds. The lowest BCUT2D eigenvalue weighted by molar-refractivity contribution is -0.141. The molecular formula is C30H33F2N5O4. The van der Waals surface area contributed by atoms with Crippen molar-refractivity contribution in [2.45, 2.75) is 56.5 Å². The van der Waals surface area contributed by atoms with Gasteiger partial charge in [-0.05, 0) is 68.8 Å². The molecule has 0 bridgehead atoms. The van der Waals surface area contributed by atoms with Gasteiger partial charge in [0.15, 0.2) is 11.6 Å². The molecule has 1 fully saturated rings. The van der Waals surface area contributed by atoms with Crippen LogP contribution in [-0.4, -0.2) is 54.7 Å². The number of allylic oxidation sites excluding steroid dienone is 1. The predicted molar refractivity (Wildman–Crippen MR) is 146 cm³/mol. The number of hydrogen-bond donors (Lipinski definition) is 2. The third-order valence-electron chi connectivity index (χ3n) is 7.86. The average molecular weight is 566 g/mol. The summed E-state index contributed by atoms with van der Waals surface area (Å²) in [6, 6.07) is 13.7. The SMILES string of the molecule is COC(=O)C1=C(C)NC(=O)N(N(C=O)CCCNC2CCC(C#N)(c3ccccc3)CC2)C1c1ccc(F)c(F)c1. The lowest BCUT2D eigenvalue weighted by atomic mass is 9.69. The van der Waals surface area contributed by atoms with Gasteiger partial charge in [-0.25, -0.2) is 23.4 Å². The first kappa shape index (κ1) is 29.7. The summed E-state index contributed by atoms with van der Waals surface area (Å²) in [4.78, 5) is 38.0. The van der Waals surface area contributed by atoms with E-state index in [1.165, 1.54) is 20.1 Å². The monoisotopic (exact) mass is 565 g/mol. The van der Waals surface area contributed by atoms with Crippen molar-refractivity contribution in [2.75, 3.05) is 20.2 Å². The van der Waals surface area contributed by atoms with Gasteiger partial charge in [-0.3, -0.25) is 9.80 Å². The van der Waals surface area contributed by atoms with Gasteiger partial charge in [-0.15, -0.1) is 0 Å². The number of benzene rings is 2. The molecule has 1 saturated carbocycles. The number of ether oxygens (including phenoxy) is 1. The van der Waals surface area contributed by atoms with Gasteiger partial charge in [-0.2, -0.15) is 5.26 Å². The highest BCUT2D eigenvalue weighted by Gasteiger charge is 2.42. The van der Waals surface area contributed by atoms with E-state index in [9.17, 15) is 28.4 Å². The van der Waals surface area contributed by atoms with Crippen LogP contribution in [0.4, 0.5) is 13.6 Å². The van der Waals surface area contributed by atoms with E-state index >= 15 is 0 Å². The van der Waals surface area contributed by atoms with E-state index < -0.39 is 35.1 Å². The number of nitrogens with one attached hydrogen (secondary N) is 2. The molecule has 0 radical (unpaired) electrons. The molecule has 2 aromatic carbocycles. The number of nitriles is 1. The Kier molecular flexibility index (Phi) is 9.35. The highest BCUT2D eigenvalue weighted by Crippen LogP contribution is 2.39. The average Bonchev–Trinajstić information content (AvgIpc) is 2.99. The van der Waals surface area contributed by atoms with Crippen molar-refractivity contribution in [3.63, 3.8) is 0 Å². The zero-order valence-corrected chi connectivity index (χ0v) is 23.0. The minimum absolute atomic E-state index is 0.00955. The molecule has 2 aromatic rings. The van der Waals surface area contributed by atoms with E-state index in [1.54, 1.807) is 0 Å². The summed E-state index contributed by atoms with van der Waals surface area (Å²) in [5, 5.41) is 18.1. The maximum Gasteiger partial charge on any atom is 0.341 e. The van der Waals surface area contributed by atoms with E-state index in [0.717, 1.165) is 53.4 Å². The third-order valence-corrected chi connectivity index (χ3v) is 7.86. The van der Waals surface area contributed by atoms with Crippen LogP contribution in [0.3, 0.4) is 0 Å². The number of carbonyl (C=O) groups excluding carboxylic acids is 3. The van der Waals surface area contributed by atoms with E-state index in [-0.39, 0.29) is 29.4 Å². The molecule has 2 aliphatic rings. The summed E-state index contributed by atoms with van der Waals surface area (Å²) in [6.45, 7) is 2.13. The van der Waals surface area contributed by atoms with Crippen LogP contribution in [0.5, 0.6) is 0 Å². The predicted octanol–water partition coefficient (Wildman–Crippen LogP) is 4.24. The lowest BCUT2D eigenvalue weighted by Gasteiger charge is -2.42. The largest absolute Gasteiger partial charge is 0.466 e. The molecule has 11 heteroatoms. The first-order valence-electron chi connectivity index (χ1n) is 13.5. The summed E-state index contributed by atoms with van der Waals surface area (Å²) in [7, 11) is 1.17. The molecule has 216 valence electrons. The molecular weight excluding hydrogens is 532 g/mol. The Hall–Kier alpha value is -4.30. The molecule has 0 aromatic heterocycles. The standard InChI is InChI=1S/C30H33F2N5O4/c1-20-26(28(39)41-2)27(21-9-10-24(31)25(32)17-21)37(29(40)35-20)36(19-38)16-6-15-34-23-11-13-30(18-33,14-12-23)22-7-4-3-5-8-22/h3-5,7-10,17,19,23,27,34H,6,11-16H2,1-2H3,(H,35,40). The van der Waals surface area contributed by atoms with Gasteiger partial charge in [-0.1, -0.05) is 36.4 Å². The van der Waals surface area contributed by atoms with Gasteiger partial charge >= 0.3 is 12.0 Å². The summed E-state index contributed by atoms with van der Waals surface area (Å²) in [6.07, 6.45) is 4.03. The Morgan fingerprint density at radius 3 is 2.54 bits per heavy atom. The van der Waals surface area contributed by atoms with Crippen molar-refractivity contribution in [2.24, 2.45) is 0 Å². The van der Waals surface area contributed by atoms with Crippen molar-refractivity contribution < 1.29 is 27.9 Å². The molecule has 1 aliphatic heterocycles. The van der Waals surface area contributed by atoms with Crippen LogP contribution >= 0.6 is 0 Å². The molecule has 1 heterocycles. The molecule has 1 aliphatic carbocycles. The van der Waals surface area contributed by atoms with Crippen LogP contribution in [0.2, 0.25) is 0 Å². The van der Waals surface area contributed by atoms with E-state index in [4.69, 9.17) is 4.74 Å². The second-order valence-corrected chi connectivity index (χ2v) is 10.3. The van der Waals surface area contributed by atoms with Crippen LogP contribution in [0.15, 0.2) is 59.8 Å². The van der Waals surface area contributed by atoms with Crippen molar-refractivity contribution in [3.8, 4) is 6.07 Å². The maximum atomic E-state index is 14.2. The second kappa shape index (κ2) is 12.9. The highest BCUT2D eigenvalue weighted by atomic mass is 19.2. The number of hydrazine groups is 1. The molecule has 1 atom stereocenters. The zero-order chi connectivity index (χ0) is 29.6. The van der Waals surface area contributed by atoms with Crippen LogP contribution in [0.1, 0.15) is 56.2 Å². The maximum absolute atomic E-state index is 14.2. The summed E-state index contributed by atoms with van der Waals surface area (Å²) in [5.74, 6) is -3.02. The highest BCUT2D eigenvalue weighted by molar-refractivity contribution is 5.95. The number of methoxy groups -OCH3 is 1. The number of hydrogen-bond acceptors (Lipinski definition) is 6. The summed E-state index contributed by atoms with van der Waals surface area (Å²) < 4.78 is 32.8. The second-order valence-electron chi connectivity index (χ2n) is 10.3. The van der Waals surface area contributed by atoms with E-state index in [2.05, 4.69) is 16.7 Å². The zero-order valence-electron chi connectivity index (χ0n) is 23.0. The topological polar surface area (TPSA) is 115 Å². The Morgan fingerprint density at radius 2 is 1.93 bits per heavy atom. The number of esters is 1. The van der Waals surface area contributed by atoms with Crippen molar-refractivity contribution in [1.29, 1.82) is 5.26 Å². The van der Waals surface area contributed by atoms with E-state index in [0.29, 0.717) is 19.4 Å². The smallest absolute Gasteiger partial charge is 0.341 e. The summed E-state index contributed by atoms with van der Waals surface area (Å²) >= 11 is 0. The quantitative estimate of drug-likeness (QED) is 0.253. The van der Waals surface area contributed by atoms with Crippen molar-refractivity contribution in [1.82, 2.24) is 20.7 Å². The lowest BCUT2D eigenvalue weighted by Crippen LogP contribution is -2.56. The van der Waals surface area contributed by atoms with E-state index in [1.807, 2.05) is 30.3 Å². The fraction of sp³-hybridized carbons (Fsp3) is 0.400. The summed E-state index contributed by atoms with van der Waals surface area (Å²) in [5.41, 5.74) is 0.817. The van der Waals surface area contributed by atoms with Crippen molar-refractivity contribution >= 4 is 18.4 Å². The molecule has 0 saturated heterocycles. The minimum Gasteiger partial charge on any atom is -0.466 e. The number of rotatable bonds is 10. The van der Waals surface area contributed by atoms with Crippen LogP contribution in [0.25, 0.3) is 0 Å². The minimum atomic E-state index is -1.22. The van der Waals surface area contributed by atoms with Gasteiger partial charge in [0, 0.05) is 18.3 Å². The first-order valence-corrected chi connectivity index (χ1v) is 13.5. The van der Waals surface area contributed by atoms with Gasteiger partial charge in [0.2, 0.25) is 6.41 Å². The van der Waals surface area contributed by atoms with Gasteiger partial charge in [0.25, 0.3) is 0 Å². The van der Waals surface area contributed by atoms with Crippen molar-refractivity contribution in [3.05, 3.63) is 82.6 Å². The van der Waals surface area contributed by atoms with Crippen LogP contribution in [-0.2, 0) is 19.7 Å². The Morgan fingerprint density at radius 1 is 1.22 bits per heavy atom. The fourth-order valence-electron chi connectivity index (χ4n) is 5.66. The van der Waals surface area contributed by atoms with Crippen LogP contribution < -0.4 is 10.6 Å².